The van der Waals surface area contributed by atoms with Crippen LogP contribution >= 0.6 is 0 Å². The summed E-state index contributed by atoms with van der Waals surface area (Å²) < 4.78 is 32.1. The number of carbonyl (C=O) groups is 2. The lowest BCUT2D eigenvalue weighted by Gasteiger charge is -2.12. The summed E-state index contributed by atoms with van der Waals surface area (Å²) >= 11 is 0. The highest BCUT2D eigenvalue weighted by Gasteiger charge is 2.18. The van der Waals surface area contributed by atoms with Crippen molar-refractivity contribution >= 4 is 27.6 Å². The third-order valence-electron chi connectivity index (χ3n) is 4.37. The smallest absolute Gasteiger partial charge is 0.338 e. The van der Waals surface area contributed by atoms with E-state index >= 15 is 0 Å². The molecule has 0 saturated heterocycles. The Bertz CT molecular complexity index is 985. The maximum atomic E-state index is 12.2. The van der Waals surface area contributed by atoms with Crippen LogP contribution in [0.25, 0.3) is 0 Å². The minimum atomic E-state index is -3.65. The number of nitrogens with one attached hydrogen (secondary N) is 2. The first-order chi connectivity index (χ1) is 13.6. The van der Waals surface area contributed by atoms with Gasteiger partial charge in [-0.3, -0.25) is 4.79 Å². The molecule has 0 aromatic heterocycles. The first-order valence-electron chi connectivity index (χ1n) is 9.29. The zero-order valence-corrected chi connectivity index (χ0v) is 17.8. The normalized spacial score (nSPS) is 12.3. The third kappa shape index (κ3) is 6.40. The molecular weight excluding hydrogens is 392 g/mol. The molecular formula is C21H26N2O5S. The topological polar surface area (TPSA) is 102 Å². The van der Waals surface area contributed by atoms with Gasteiger partial charge in [-0.15, -0.1) is 0 Å². The van der Waals surface area contributed by atoms with Gasteiger partial charge in [-0.05, 0) is 68.7 Å². The number of aryl methyl sites for hydroxylation is 2. The fourth-order valence-electron chi connectivity index (χ4n) is 2.46. The largest absolute Gasteiger partial charge is 0.452 e. The molecule has 0 saturated carbocycles. The Morgan fingerprint density at radius 3 is 2.34 bits per heavy atom. The first-order valence-corrected chi connectivity index (χ1v) is 10.8. The molecule has 0 heterocycles. The maximum Gasteiger partial charge on any atom is 0.338 e. The molecule has 0 spiro atoms. The predicted octanol–water partition coefficient (Wildman–Crippen LogP) is 3.18. The Morgan fingerprint density at radius 2 is 1.72 bits per heavy atom. The van der Waals surface area contributed by atoms with Crippen LogP contribution in [0.3, 0.4) is 0 Å². The summed E-state index contributed by atoms with van der Waals surface area (Å²) in [4.78, 5) is 24.3. The minimum absolute atomic E-state index is 0.0574. The lowest BCUT2D eigenvalue weighted by Crippen LogP contribution is -2.32. The fourth-order valence-corrected chi connectivity index (χ4v) is 3.78. The van der Waals surface area contributed by atoms with E-state index in [4.69, 9.17) is 4.74 Å². The summed E-state index contributed by atoms with van der Waals surface area (Å²) in [6.45, 7) is 6.99. The van der Waals surface area contributed by atoms with Crippen LogP contribution in [0.15, 0.2) is 47.4 Å². The van der Waals surface area contributed by atoms with E-state index in [-0.39, 0.29) is 16.5 Å². The van der Waals surface area contributed by atoms with Crippen LogP contribution in [-0.4, -0.2) is 32.9 Å². The highest BCUT2D eigenvalue weighted by molar-refractivity contribution is 7.89. The summed E-state index contributed by atoms with van der Waals surface area (Å²) in [5, 5.41) is 2.71. The summed E-state index contributed by atoms with van der Waals surface area (Å²) in [6.07, 6.45) is 0.660. The van der Waals surface area contributed by atoms with E-state index < -0.39 is 28.5 Å². The van der Waals surface area contributed by atoms with E-state index in [0.717, 1.165) is 11.1 Å². The number of anilines is 1. The molecule has 2 aromatic rings. The third-order valence-corrected chi connectivity index (χ3v) is 5.98. The van der Waals surface area contributed by atoms with Crippen LogP contribution in [0.1, 0.15) is 41.8 Å². The van der Waals surface area contributed by atoms with Gasteiger partial charge in [-0.25, -0.2) is 17.9 Å². The molecule has 1 amide bonds. The minimum Gasteiger partial charge on any atom is -0.452 e. The maximum absolute atomic E-state index is 12.2. The zero-order valence-electron chi connectivity index (χ0n) is 17.0. The van der Waals surface area contributed by atoms with Crippen molar-refractivity contribution in [3.63, 3.8) is 0 Å². The lowest BCUT2D eigenvalue weighted by atomic mass is 10.1. The van der Waals surface area contributed by atoms with Gasteiger partial charge in [0.15, 0.2) is 6.61 Å². The average Bonchev–Trinajstić information content (AvgIpc) is 2.68. The summed E-state index contributed by atoms with van der Waals surface area (Å²) in [5.74, 6) is -1.16. The van der Waals surface area contributed by atoms with Crippen molar-refractivity contribution in [1.82, 2.24) is 4.72 Å². The molecule has 0 aliphatic heterocycles. The number of hydrogen-bond donors (Lipinski definition) is 2. The highest BCUT2D eigenvalue weighted by Crippen LogP contribution is 2.16. The Morgan fingerprint density at radius 1 is 1.07 bits per heavy atom. The van der Waals surface area contributed by atoms with Gasteiger partial charge in [0.25, 0.3) is 5.91 Å². The van der Waals surface area contributed by atoms with Gasteiger partial charge in [0.2, 0.25) is 10.0 Å². The second kappa shape index (κ2) is 9.67. The molecule has 29 heavy (non-hydrogen) atoms. The second-order valence-corrected chi connectivity index (χ2v) is 8.61. The molecule has 1 atom stereocenters. The van der Waals surface area contributed by atoms with Gasteiger partial charge < -0.3 is 10.1 Å². The van der Waals surface area contributed by atoms with Crippen LogP contribution in [0.4, 0.5) is 5.69 Å². The molecule has 0 fully saturated rings. The SMILES string of the molecule is CC[C@@H](C)NS(=O)(=O)c1ccc(C(=O)OCC(=O)Nc2cc(C)ccc2C)cc1. The number of benzene rings is 2. The Labute approximate surface area is 171 Å². The molecule has 0 aliphatic carbocycles. The van der Waals surface area contributed by atoms with Gasteiger partial charge in [-0.2, -0.15) is 0 Å². The number of ether oxygens (including phenoxy) is 1. The molecule has 0 unspecified atom stereocenters. The molecule has 0 bridgehead atoms. The fraction of sp³-hybridized carbons (Fsp3) is 0.333. The average molecular weight is 419 g/mol. The number of rotatable bonds is 8. The Balaban J connectivity index is 1.95. The Hall–Kier alpha value is -2.71. The van der Waals surface area contributed by atoms with Gasteiger partial charge in [0.1, 0.15) is 0 Å². The van der Waals surface area contributed by atoms with Crippen LogP contribution in [-0.2, 0) is 19.6 Å². The summed E-state index contributed by atoms with van der Waals surface area (Å²) in [7, 11) is -3.65. The molecule has 0 aliphatic rings. The van der Waals surface area contributed by atoms with Crippen LogP contribution in [0, 0.1) is 13.8 Å². The Kier molecular flexibility index (Phi) is 7.53. The highest BCUT2D eigenvalue weighted by atomic mass is 32.2. The van der Waals surface area contributed by atoms with Crippen LogP contribution < -0.4 is 10.0 Å². The summed E-state index contributed by atoms with van der Waals surface area (Å²) in [6, 6.07) is 10.8. The molecule has 156 valence electrons. The van der Waals surface area contributed by atoms with E-state index in [1.165, 1.54) is 24.3 Å². The van der Waals surface area contributed by atoms with Crippen LogP contribution in [0.5, 0.6) is 0 Å². The molecule has 0 radical (unpaired) electrons. The van der Waals surface area contributed by atoms with Gasteiger partial charge >= 0.3 is 5.97 Å². The molecule has 8 heteroatoms. The van der Waals surface area contributed by atoms with Gasteiger partial charge in [-0.1, -0.05) is 19.1 Å². The molecule has 2 N–H and O–H groups in total. The van der Waals surface area contributed by atoms with Crippen molar-refractivity contribution in [2.75, 3.05) is 11.9 Å². The lowest BCUT2D eigenvalue weighted by molar-refractivity contribution is -0.119. The van der Waals surface area contributed by atoms with E-state index in [2.05, 4.69) is 10.0 Å². The second-order valence-electron chi connectivity index (χ2n) is 6.90. The predicted molar refractivity (Wildman–Crippen MR) is 111 cm³/mol. The van der Waals surface area contributed by atoms with E-state index in [9.17, 15) is 18.0 Å². The van der Waals surface area contributed by atoms with Crippen LogP contribution in [0.2, 0.25) is 0 Å². The molecule has 2 aromatic carbocycles. The molecule has 7 nitrogen and oxygen atoms in total. The zero-order chi connectivity index (χ0) is 21.6. The number of sulfonamides is 1. The van der Waals surface area contributed by atoms with E-state index in [1.807, 2.05) is 39.0 Å². The number of amides is 1. The van der Waals surface area contributed by atoms with Gasteiger partial charge in [0.05, 0.1) is 10.5 Å². The van der Waals surface area contributed by atoms with E-state index in [0.29, 0.717) is 12.1 Å². The number of carbonyl (C=O) groups excluding carboxylic acids is 2. The number of esters is 1. The van der Waals surface area contributed by atoms with E-state index in [1.54, 1.807) is 6.92 Å². The monoisotopic (exact) mass is 418 g/mol. The summed E-state index contributed by atoms with van der Waals surface area (Å²) in [5.41, 5.74) is 2.72. The van der Waals surface area contributed by atoms with Crippen molar-refractivity contribution in [3.05, 3.63) is 59.2 Å². The van der Waals surface area contributed by atoms with Crippen molar-refractivity contribution in [2.45, 2.75) is 45.1 Å². The number of hydrogen-bond acceptors (Lipinski definition) is 5. The standard InChI is InChI=1S/C21H26N2O5S/c1-5-16(4)23-29(26,27)18-10-8-17(9-11-18)21(25)28-13-20(24)22-19-12-14(2)6-7-15(19)3/h6-12,16,23H,5,13H2,1-4H3,(H,22,24)/t16-/m1/s1. The van der Waals surface area contributed by atoms with Crippen molar-refractivity contribution in [2.24, 2.45) is 0 Å². The van der Waals surface area contributed by atoms with Crippen molar-refractivity contribution < 1.29 is 22.7 Å². The van der Waals surface area contributed by atoms with Gasteiger partial charge in [0, 0.05) is 11.7 Å². The first kappa shape index (κ1) is 22.6. The quantitative estimate of drug-likeness (QED) is 0.641. The molecule has 2 rings (SSSR count). The van der Waals surface area contributed by atoms with Crippen molar-refractivity contribution in [3.8, 4) is 0 Å². The van der Waals surface area contributed by atoms with Crippen molar-refractivity contribution in [1.29, 1.82) is 0 Å².